The fourth-order valence-corrected chi connectivity index (χ4v) is 4.62. The van der Waals surface area contributed by atoms with Crippen LogP contribution in [-0.2, 0) is 25.5 Å². The van der Waals surface area contributed by atoms with Crippen molar-refractivity contribution in [3.63, 3.8) is 0 Å². The van der Waals surface area contributed by atoms with Crippen LogP contribution in [0.1, 0.15) is 17.2 Å². The Labute approximate surface area is 163 Å². The molecule has 0 radical (unpaired) electrons. The van der Waals surface area contributed by atoms with E-state index in [0.29, 0.717) is 0 Å². The van der Waals surface area contributed by atoms with Crippen LogP contribution in [0.25, 0.3) is 0 Å². The molecule has 2 heterocycles. The van der Waals surface area contributed by atoms with E-state index < -0.39 is 29.4 Å². The molecule has 28 heavy (non-hydrogen) atoms. The summed E-state index contributed by atoms with van der Waals surface area (Å²) in [6, 6.07) is 18.5. The van der Waals surface area contributed by atoms with Gasteiger partial charge in [-0.2, -0.15) is 0 Å². The smallest absolute Gasteiger partial charge is 0.327 e. The lowest BCUT2D eigenvalue weighted by atomic mass is 9.76. The molecule has 2 aliphatic heterocycles. The zero-order valence-corrected chi connectivity index (χ0v) is 15.8. The van der Waals surface area contributed by atoms with Gasteiger partial charge in [0.25, 0.3) is 0 Å². The van der Waals surface area contributed by atoms with Gasteiger partial charge in [-0.25, -0.2) is 0 Å². The third-order valence-corrected chi connectivity index (χ3v) is 5.91. The van der Waals surface area contributed by atoms with Gasteiger partial charge in [-0.3, -0.25) is 24.6 Å². The number of ether oxygens (including phenoxy) is 1. The second kappa shape index (κ2) is 6.87. The molecular weight excluding hydrogens is 356 g/mol. The third kappa shape index (κ3) is 2.64. The number of benzene rings is 2. The van der Waals surface area contributed by atoms with Gasteiger partial charge >= 0.3 is 5.97 Å². The van der Waals surface area contributed by atoms with Crippen LogP contribution < -0.4 is 5.32 Å². The molecule has 0 aromatic heterocycles. The minimum absolute atomic E-state index is 0.262. The highest BCUT2D eigenvalue weighted by atomic mass is 16.5. The van der Waals surface area contributed by atoms with E-state index in [9.17, 15) is 14.4 Å². The van der Waals surface area contributed by atoms with Crippen LogP contribution >= 0.6 is 0 Å². The molecule has 2 fully saturated rings. The van der Waals surface area contributed by atoms with Crippen molar-refractivity contribution in [1.82, 2.24) is 10.2 Å². The Balaban J connectivity index is 1.86. The Morgan fingerprint density at radius 2 is 1.64 bits per heavy atom. The number of fused-ring (bicyclic) bond motifs is 1. The molecule has 4 rings (SSSR count). The Kier molecular flexibility index (Phi) is 4.51. The van der Waals surface area contributed by atoms with Crippen molar-refractivity contribution in [2.45, 2.75) is 18.0 Å². The SMILES string of the molecule is COC(=O)[C@@]1(Cc2ccccc2)N[C@@H](c2ccccc2)[C@H]2C(=O)N(C)C(=O)[C@H]21. The molecule has 2 amide bonds. The average molecular weight is 378 g/mol. The number of amides is 2. The zero-order valence-electron chi connectivity index (χ0n) is 15.8. The number of carbonyl (C=O) groups is 3. The highest BCUT2D eigenvalue weighted by molar-refractivity contribution is 6.09. The lowest BCUT2D eigenvalue weighted by Gasteiger charge is -2.32. The van der Waals surface area contributed by atoms with Gasteiger partial charge in [0.1, 0.15) is 5.54 Å². The summed E-state index contributed by atoms with van der Waals surface area (Å²) < 4.78 is 5.14. The van der Waals surface area contributed by atoms with Crippen molar-refractivity contribution >= 4 is 17.8 Å². The molecular formula is C22H22N2O4. The highest BCUT2D eigenvalue weighted by Crippen LogP contribution is 2.49. The van der Waals surface area contributed by atoms with Gasteiger partial charge in [-0.1, -0.05) is 60.7 Å². The Morgan fingerprint density at radius 1 is 1.04 bits per heavy atom. The molecule has 2 aromatic rings. The number of methoxy groups -OCH3 is 1. The Bertz CT molecular complexity index is 915. The van der Waals surface area contributed by atoms with Crippen molar-refractivity contribution in [2.24, 2.45) is 11.8 Å². The Morgan fingerprint density at radius 3 is 2.25 bits per heavy atom. The maximum Gasteiger partial charge on any atom is 0.327 e. The summed E-state index contributed by atoms with van der Waals surface area (Å²) in [6.07, 6.45) is 0.262. The van der Waals surface area contributed by atoms with E-state index in [4.69, 9.17) is 4.74 Å². The predicted molar refractivity (Wildman–Crippen MR) is 102 cm³/mol. The molecule has 0 aliphatic carbocycles. The molecule has 2 aliphatic rings. The number of imide groups is 1. The molecule has 2 aromatic carbocycles. The third-order valence-electron chi connectivity index (χ3n) is 5.91. The Hall–Kier alpha value is -2.99. The van der Waals surface area contributed by atoms with E-state index in [1.54, 1.807) is 0 Å². The van der Waals surface area contributed by atoms with Crippen LogP contribution in [0.3, 0.4) is 0 Å². The van der Waals surface area contributed by atoms with Gasteiger partial charge < -0.3 is 4.74 Å². The molecule has 6 heteroatoms. The summed E-state index contributed by atoms with van der Waals surface area (Å²) in [4.78, 5) is 40.2. The van der Waals surface area contributed by atoms with Gasteiger partial charge in [0, 0.05) is 19.5 Å². The van der Waals surface area contributed by atoms with Crippen molar-refractivity contribution < 1.29 is 19.1 Å². The van der Waals surface area contributed by atoms with E-state index in [2.05, 4.69) is 5.32 Å². The van der Waals surface area contributed by atoms with Crippen LogP contribution in [-0.4, -0.2) is 42.4 Å². The van der Waals surface area contributed by atoms with Crippen LogP contribution in [0.4, 0.5) is 0 Å². The van der Waals surface area contributed by atoms with E-state index in [-0.39, 0.29) is 18.2 Å². The lowest BCUT2D eigenvalue weighted by molar-refractivity contribution is -0.153. The first-order valence-electron chi connectivity index (χ1n) is 9.26. The van der Waals surface area contributed by atoms with Crippen LogP contribution in [0, 0.1) is 11.8 Å². The highest BCUT2D eigenvalue weighted by Gasteiger charge is 2.68. The number of nitrogens with one attached hydrogen (secondary N) is 1. The summed E-state index contributed by atoms with van der Waals surface area (Å²) >= 11 is 0. The van der Waals surface area contributed by atoms with Gasteiger partial charge in [0.05, 0.1) is 18.9 Å². The summed E-state index contributed by atoms with van der Waals surface area (Å²) in [5.41, 5.74) is 0.453. The van der Waals surface area contributed by atoms with Crippen LogP contribution in [0.2, 0.25) is 0 Å². The molecule has 0 saturated carbocycles. The molecule has 144 valence electrons. The van der Waals surface area contributed by atoms with Crippen molar-refractivity contribution in [2.75, 3.05) is 14.2 Å². The number of hydrogen-bond donors (Lipinski definition) is 1. The largest absolute Gasteiger partial charge is 0.468 e. The maximum atomic E-state index is 13.1. The van der Waals surface area contributed by atoms with Crippen LogP contribution in [0.5, 0.6) is 0 Å². The second-order valence-corrected chi connectivity index (χ2v) is 7.40. The fourth-order valence-electron chi connectivity index (χ4n) is 4.62. The normalized spacial score (nSPS) is 29.1. The lowest BCUT2D eigenvalue weighted by Crippen LogP contribution is -2.57. The number of esters is 1. The molecule has 0 unspecified atom stereocenters. The molecule has 4 atom stereocenters. The average Bonchev–Trinajstić information content (AvgIpc) is 3.19. The van der Waals surface area contributed by atoms with E-state index >= 15 is 0 Å². The molecule has 2 saturated heterocycles. The minimum atomic E-state index is -1.31. The van der Waals surface area contributed by atoms with Gasteiger partial charge in [-0.05, 0) is 11.1 Å². The number of likely N-dealkylation sites (tertiary alicyclic amines) is 1. The summed E-state index contributed by atoms with van der Waals surface area (Å²) in [6.45, 7) is 0. The van der Waals surface area contributed by atoms with Crippen molar-refractivity contribution in [3.8, 4) is 0 Å². The molecule has 0 bridgehead atoms. The standard InChI is InChI=1S/C22H22N2O4/c1-24-19(25)16-17(20(24)26)22(21(27)28-2,13-14-9-5-3-6-10-14)23-18(16)15-11-7-4-8-12-15/h3-12,16-18,23H,13H2,1-2H3/t16-,17-,18-,22-/m0/s1. The molecule has 1 N–H and O–H groups in total. The van der Waals surface area contributed by atoms with E-state index in [1.165, 1.54) is 14.2 Å². The van der Waals surface area contributed by atoms with Gasteiger partial charge in [0.15, 0.2) is 0 Å². The number of carbonyl (C=O) groups excluding carboxylic acids is 3. The zero-order chi connectivity index (χ0) is 19.9. The molecule has 6 nitrogen and oxygen atoms in total. The first-order chi connectivity index (χ1) is 13.5. The first kappa shape index (κ1) is 18.4. The van der Waals surface area contributed by atoms with Crippen LogP contribution in [0.15, 0.2) is 60.7 Å². The minimum Gasteiger partial charge on any atom is -0.468 e. The number of rotatable bonds is 4. The van der Waals surface area contributed by atoms with Crippen molar-refractivity contribution in [1.29, 1.82) is 0 Å². The van der Waals surface area contributed by atoms with Crippen molar-refractivity contribution in [3.05, 3.63) is 71.8 Å². The number of hydrogen-bond acceptors (Lipinski definition) is 5. The summed E-state index contributed by atoms with van der Waals surface area (Å²) in [7, 11) is 2.79. The summed E-state index contributed by atoms with van der Waals surface area (Å²) in [5, 5.41) is 3.36. The second-order valence-electron chi connectivity index (χ2n) is 7.40. The predicted octanol–water partition coefficient (Wildman–Crippen LogP) is 1.72. The monoisotopic (exact) mass is 378 g/mol. The summed E-state index contributed by atoms with van der Waals surface area (Å²) in [5.74, 6) is -2.61. The fraction of sp³-hybridized carbons (Fsp3) is 0.318. The first-order valence-corrected chi connectivity index (χ1v) is 9.26. The molecule has 0 spiro atoms. The quantitative estimate of drug-likeness (QED) is 0.648. The maximum absolute atomic E-state index is 13.1. The van der Waals surface area contributed by atoms with Gasteiger partial charge in [0.2, 0.25) is 11.8 Å². The topological polar surface area (TPSA) is 75.7 Å². The van der Waals surface area contributed by atoms with Gasteiger partial charge in [-0.15, -0.1) is 0 Å². The van der Waals surface area contributed by atoms with E-state index in [1.807, 2.05) is 60.7 Å². The number of nitrogens with zero attached hydrogens (tertiary/aromatic N) is 1. The van der Waals surface area contributed by atoms with E-state index in [0.717, 1.165) is 16.0 Å².